The van der Waals surface area contributed by atoms with Crippen molar-refractivity contribution in [1.82, 2.24) is 20.4 Å². The number of aromatic nitrogens is 4. The van der Waals surface area contributed by atoms with Crippen molar-refractivity contribution in [1.29, 1.82) is 0 Å². The van der Waals surface area contributed by atoms with Gasteiger partial charge in [0, 0.05) is 43.6 Å². The van der Waals surface area contributed by atoms with E-state index in [1.165, 1.54) is 24.1 Å². The summed E-state index contributed by atoms with van der Waals surface area (Å²) in [5, 5.41) is 20.9. The minimum Gasteiger partial charge on any atom is -0.368 e. The SMILES string of the molecule is c1cc(N2CC(CNc3cc4c(nn3)CCSC4)C2)nnc1C1CC1. The maximum Gasteiger partial charge on any atom is 0.151 e. The topological polar surface area (TPSA) is 66.8 Å². The fraction of sp³-hybridized carbons (Fsp3) is 0.556. The number of hydrogen-bond donors (Lipinski definition) is 1. The van der Waals surface area contributed by atoms with E-state index >= 15 is 0 Å². The van der Waals surface area contributed by atoms with Gasteiger partial charge in [-0.1, -0.05) is 0 Å². The van der Waals surface area contributed by atoms with Crippen molar-refractivity contribution in [3.63, 3.8) is 0 Å². The molecule has 2 aromatic heterocycles. The van der Waals surface area contributed by atoms with E-state index in [0.717, 1.165) is 54.9 Å². The Morgan fingerprint density at radius 3 is 2.84 bits per heavy atom. The van der Waals surface area contributed by atoms with Gasteiger partial charge in [0.25, 0.3) is 0 Å². The lowest BCUT2D eigenvalue weighted by Gasteiger charge is -2.40. The minimum atomic E-state index is 0.622. The quantitative estimate of drug-likeness (QED) is 0.885. The first-order valence-electron chi connectivity index (χ1n) is 9.11. The number of rotatable bonds is 5. The Labute approximate surface area is 151 Å². The maximum absolute atomic E-state index is 4.39. The average molecular weight is 354 g/mol. The third-order valence-corrected chi connectivity index (χ3v) is 6.23. The summed E-state index contributed by atoms with van der Waals surface area (Å²) in [7, 11) is 0. The zero-order valence-corrected chi connectivity index (χ0v) is 15.0. The van der Waals surface area contributed by atoms with Crippen LogP contribution in [0.5, 0.6) is 0 Å². The van der Waals surface area contributed by atoms with Gasteiger partial charge in [-0.3, -0.25) is 0 Å². The summed E-state index contributed by atoms with van der Waals surface area (Å²) in [6, 6.07) is 6.44. The molecule has 1 saturated carbocycles. The van der Waals surface area contributed by atoms with Gasteiger partial charge in [-0.25, -0.2) is 0 Å². The first-order valence-corrected chi connectivity index (χ1v) is 10.3. The van der Waals surface area contributed by atoms with Crippen molar-refractivity contribution in [2.75, 3.05) is 35.6 Å². The molecular formula is C18H22N6S. The van der Waals surface area contributed by atoms with Gasteiger partial charge >= 0.3 is 0 Å². The Morgan fingerprint density at radius 2 is 2.04 bits per heavy atom. The molecule has 1 aliphatic carbocycles. The van der Waals surface area contributed by atoms with Gasteiger partial charge in [0.05, 0.1) is 11.4 Å². The second-order valence-corrected chi connectivity index (χ2v) is 8.35. The molecule has 6 nitrogen and oxygen atoms in total. The highest BCUT2D eigenvalue weighted by Crippen LogP contribution is 2.39. The van der Waals surface area contributed by atoms with Gasteiger partial charge in [0.2, 0.25) is 0 Å². The molecule has 25 heavy (non-hydrogen) atoms. The van der Waals surface area contributed by atoms with Crippen LogP contribution in [0, 0.1) is 5.92 Å². The number of fused-ring (bicyclic) bond motifs is 1. The molecule has 0 bridgehead atoms. The van der Waals surface area contributed by atoms with Crippen molar-refractivity contribution >= 4 is 23.4 Å². The third-order valence-electron chi connectivity index (χ3n) is 5.22. The molecule has 4 heterocycles. The number of aryl methyl sites for hydroxylation is 1. The zero-order valence-electron chi connectivity index (χ0n) is 14.2. The number of nitrogens with zero attached hydrogens (tertiary/aromatic N) is 5. The highest BCUT2D eigenvalue weighted by molar-refractivity contribution is 7.98. The maximum atomic E-state index is 4.39. The highest BCUT2D eigenvalue weighted by atomic mass is 32.2. The summed E-state index contributed by atoms with van der Waals surface area (Å²) in [6.07, 6.45) is 3.59. The molecule has 2 aliphatic heterocycles. The van der Waals surface area contributed by atoms with Crippen LogP contribution in [0.1, 0.15) is 35.7 Å². The molecule has 130 valence electrons. The van der Waals surface area contributed by atoms with Crippen LogP contribution in [-0.2, 0) is 12.2 Å². The predicted octanol–water partition coefficient (Wildman–Crippen LogP) is 2.48. The van der Waals surface area contributed by atoms with Crippen LogP contribution in [0.4, 0.5) is 11.6 Å². The lowest BCUT2D eigenvalue weighted by atomic mass is 10.0. The molecule has 0 amide bonds. The Balaban J connectivity index is 1.12. The van der Waals surface area contributed by atoms with Gasteiger partial charge in [0.1, 0.15) is 5.82 Å². The molecule has 0 spiro atoms. The van der Waals surface area contributed by atoms with Gasteiger partial charge in [-0.05, 0) is 42.4 Å². The second-order valence-electron chi connectivity index (χ2n) is 7.25. The number of anilines is 2. The van der Waals surface area contributed by atoms with Crippen LogP contribution in [0.25, 0.3) is 0 Å². The van der Waals surface area contributed by atoms with E-state index in [0.29, 0.717) is 11.8 Å². The molecular weight excluding hydrogens is 332 g/mol. The summed E-state index contributed by atoms with van der Waals surface area (Å²) in [5.41, 5.74) is 3.67. The standard InChI is InChI=1S/C18H22N6S/c1-2-13(1)15-3-4-18(23-21-15)24-9-12(10-24)8-19-17-7-14-11-25-6-5-16(14)20-22-17/h3-4,7,12-13H,1-2,5-6,8-11H2,(H,19,22). The van der Waals surface area contributed by atoms with Gasteiger partial charge in [-0.15, -0.1) is 10.2 Å². The highest BCUT2D eigenvalue weighted by Gasteiger charge is 2.29. The van der Waals surface area contributed by atoms with Crippen LogP contribution in [-0.4, -0.2) is 45.8 Å². The Morgan fingerprint density at radius 1 is 1.12 bits per heavy atom. The minimum absolute atomic E-state index is 0.622. The van der Waals surface area contributed by atoms with Crippen molar-refractivity contribution in [3.05, 3.63) is 35.2 Å². The van der Waals surface area contributed by atoms with Crippen molar-refractivity contribution in [2.45, 2.75) is 30.9 Å². The smallest absolute Gasteiger partial charge is 0.151 e. The average Bonchev–Trinajstić information content (AvgIpc) is 3.46. The number of thioether (sulfide) groups is 1. The number of hydrogen-bond acceptors (Lipinski definition) is 7. The molecule has 0 aromatic carbocycles. The largest absolute Gasteiger partial charge is 0.368 e. The van der Waals surface area contributed by atoms with Crippen LogP contribution in [0.2, 0.25) is 0 Å². The molecule has 2 fully saturated rings. The summed E-state index contributed by atoms with van der Waals surface area (Å²) >= 11 is 1.98. The van der Waals surface area contributed by atoms with Gasteiger partial charge in [0.15, 0.2) is 5.82 Å². The predicted molar refractivity (Wildman–Crippen MR) is 100 cm³/mol. The van der Waals surface area contributed by atoms with Crippen molar-refractivity contribution in [3.8, 4) is 0 Å². The third kappa shape index (κ3) is 3.29. The fourth-order valence-corrected chi connectivity index (χ4v) is 4.42. The van der Waals surface area contributed by atoms with Crippen LogP contribution in [0.3, 0.4) is 0 Å². The van der Waals surface area contributed by atoms with Crippen molar-refractivity contribution in [2.24, 2.45) is 5.92 Å². The lowest BCUT2D eigenvalue weighted by molar-refractivity contribution is 0.425. The normalized spacial score (nSPS) is 20.1. The molecule has 5 rings (SSSR count). The Kier molecular flexibility index (Phi) is 3.96. The van der Waals surface area contributed by atoms with E-state index in [-0.39, 0.29) is 0 Å². The lowest BCUT2D eigenvalue weighted by Crippen LogP contribution is -2.50. The van der Waals surface area contributed by atoms with E-state index in [9.17, 15) is 0 Å². The van der Waals surface area contributed by atoms with E-state index in [4.69, 9.17) is 0 Å². The molecule has 7 heteroatoms. The van der Waals surface area contributed by atoms with Crippen LogP contribution >= 0.6 is 11.8 Å². The summed E-state index contributed by atoms with van der Waals surface area (Å²) in [6.45, 7) is 2.99. The molecule has 0 radical (unpaired) electrons. The van der Waals surface area contributed by atoms with Gasteiger partial charge < -0.3 is 10.2 Å². The molecule has 1 saturated heterocycles. The van der Waals surface area contributed by atoms with Gasteiger partial charge in [-0.2, -0.15) is 22.0 Å². The fourth-order valence-electron chi connectivity index (χ4n) is 3.46. The summed E-state index contributed by atoms with van der Waals surface area (Å²) < 4.78 is 0. The molecule has 1 N–H and O–H groups in total. The summed E-state index contributed by atoms with van der Waals surface area (Å²) in [4.78, 5) is 2.30. The van der Waals surface area contributed by atoms with Crippen molar-refractivity contribution < 1.29 is 0 Å². The van der Waals surface area contributed by atoms with E-state index in [2.05, 4.69) is 48.8 Å². The second kappa shape index (κ2) is 6.44. The first kappa shape index (κ1) is 15.4. The molecule has 3 aliphatic rings. The molecule has 2 aromatic rings. The Bertz CT molecular complexity index is 755. The zero-order chi connectivity index (χ0) is 16.6. The number of nitrogens with one attached hydrogen (secondary N) is 1. The molecule has 0 atom stereocenters. The van der Waals surface area contributed by atoms with Crippen LogP contribution in [0.15, 0.2) is 18.2 Å². The van der Waals surface area contributed by atoms with Crippen LogP contribution < -0.4 is 10.2 Å². The summed E-state index contributed by atoms with van der Waals surface area (Å²) in [5.74, 6) is 5.44. The Hall–Kier alpha value is -1.89. The molecule has 0 unspecified atom stereocenters. The van der Waals surface area contributed by atoms with E-state index in [1.807, 2.05) is 11.8 Å². The van der Waals surface area contributed by atoms with E-state index in [1.54, 1.807) is 0 Å². The first-order chi connectivity index (χ1) is 12.3. The monoisotopic (exact) mass is 354 g/mol. The van der Waals surface area contributed by atoms with E-state index < -0.39 is 0 Å².